The Morgan fingerprint density at radius 3 is 2.69 bits per heavy atom. The van der Waals surface area contributed by atoms with Crippen LogP contribution in [0.3, 0.4) is 0 Å². The van der Waals surface area contributed by atoms with Crippen molar-refractivity contribution in [3.63, 3.8) is 0 Å². The summed E-state index contributed by atoms with van der Waals surface area (Å²) in [6.07, 6.45) is 1.85. The molecule has 84 valence electrons. The normalized spacial score (nSPS) is 18.2. The van der Waals surface area contributed by atoms with Gasteiger partial charge in [0.25, 0.3) is 5.91 Å². The largest absolute Gasteiger partial charge is 0.320 e. The third-order valence-electron chi connectivity index (χ3n) is 2.56. The average Bonchev–Trinajstić information content (AvgIpc) is 2.56. The van der Waals surface area contributed by atoms with Crippen LogP contribution in [-0.2, 0) is 4.79 Å². The maximum absolute atomic E-state index is 11.8. The lowest BCUT2D eigenvalue weighted by Crippen LogP contribution is -2.38. The van der Waals surface area contributed by atoms with E-state index in [-0.39, 0.29) is 11.9 Å². The molecular weight excluding hydrogens is 202 g/mol. The monoisotopic (exact) mass is 217 g/mol. The van der Waals surface area contributed by atoms with Crippen molar-refractivity contribution < 1.29 is 4.79 Å². The molecule has 1 unspecified atom stereocenters. The average molecular weight is 217 g/mol. The molecule has 1 aromatic rings. The zero-order valence-electron chi connectivity index (χ0n) is 9.40. The van der Waals surface area contributed by atoms with Crippen LogP contribution in [0.4, 0.5) is 0 Å². The van der Waals surface area contributed by atoms with Crippen LogP contribution in [0.5, 0.6) is 0 Å². The molecule has 0 aliphatic heterocycles. The van der Waals surface area contributed by atoms with Gasteiger partial charge in [0, 0.05) is 19.7 Å². The van der Waals surface area contributed by atoms with Gasteiger partial charge < -0.3 is 5.73 Å². The van der Waals surface area contributed by atoms with Gasteiger partial charge in [0.05, 0.1) is 6.04 Å². The van der Waals surface area contributed by atoms with Crippen LogP contribution < -0.4 is 11.2 Å². The number of hydrogen-bond acceptors (Lipinski definition) is 3. The first-order valence-electron chi connectivity index (χ1n) is 5.14. The minimum absolute atomic E-state index is 0.145. The third-order valence-corrected chi connectivity index (χ3v) is 2.56. The van der Waals surface area contributed by atoms with Gasteiger partial charge in [-0.2, -0.15) is 0 Å². The Kier molecular flexibility index (Phi) is 2.77. The van der Waals surface area contributed by atoms with E-state index in [1.165, 1.54) is 0 Å². The lowest BCUT2D eigenvalue weighted by Gasteiger charge is -2.15. The summed E-state index contributed by atoms with van der Waals surface area (Å²) < 4.78 is 0. The van der Waals surface area contributed by atoms with Gasteiger partial charge >= 0.3 is 0 Å². The van der Waals surface area contributed by atoms with Gasteiger partial charge in [0.15, 0.2) is 0 Å². The van der Waals surface area contributed by atoms with Crippen LogP contribution in [0.25, 0.3) is 6.08 Å². The number of carbonyl (C=O) groups is 1. The highest BCUT2D eigenvalue weighted by Crippen LogP contribution is 2.32. The molecule has 0 saturated heterocycles. The van der Waals surface area contributed by atoms with Gasteiger partial charge in [0.2, 0.25) is 0 Å². The minimum Gasteiger partial charge on any atom is -0.320 e. The molecule has 0 saturated carbocycles. The van der Waals surface area contributed by atoms with Crippen LogP contribution in [0.15, 0.2) is 29.8 Å². The molecule has 0 fully saturated rings. The summed E-state index contributed by atoms with van der Waals surface area (Å²) in [6, 6.07) is 7.46. The fraction of sp³-hybridized carbons (Fsp3) is 0.250. The second-order valence-electron chi connectivity index (χ2n) is 4.04. The number of fused-ring (bicyclic) bond motifs is 1. The predicted octanol–water partition coefficient (Wildman–Crippen LogP) is 0.676. The van der Waals surface area contributed by atoms with Crippen LogP contribution in [0.2, 0.25) is 0 Å². The van der Waals surface area contributed by atoms with Crippen LogP contribution in [-0.4, -0.2) is 25.0 Å². The van der Waals surface area contributed by atoms with E-state index < -0.39 is 0 Å². The SMILES string of the molecule is CN(C)NC(=O)C1=Cc2ccccc2C1N. The summed E-state index contributed by atoms with van der Waals surface area (Å²) in [6.45, 7) is 0. The van der Waals surface area contributed by atoms with E-state index in [0.29, 0.717) is 5.57 Å². The van der Waals surface area contributed by atoms with Crippen LogP contribution in [0, 0.1) is 0 Å². The highest BCUT2D eigenvalue weighted by Gasteiger charge is 2.26. The zero-order chi connectivity index (χ0) is 11.7. The first kappa shape index (κ1) is 10.9. The van der Waals surface area contributed by atoms with Crippen molar-refractivity contribution in [1.82, 2.24) is 10.4 Å². The lowest BCUT2D eigenvalue weighted by molar-refractivity contribution is -0.121. The van der Waals surface area contributed by atoms with Crippen molar-refractivity contribution in [2.45, 2.75) is 6.04 Å². The molecule has 4 nitrogen and oxygen atoms in total. The second kappa shape index (κ2) is 4.08. The number of amides is 1. The molecule has 0 aromatic heterocycles. The van der Waals surface area contributed by atoms with Gasteiger partial charge in [-0.3, -0.25) is 10.2 Å². The van der Waals surface area contributed by atoms with Crippen LogP contribution >= 0.6 is 0 Å². The Morgan fingerprint density at radius 1 is 1.38 bits per heavy atom. The summed E-state index contributed by atoms with van der Waals surface area (Å²) in [4.78, 5) is 11.8. The highest BCUT2D eigenvalue weighted by molar-refractivity contribution is 6.01. The van der Waals surface area contributed by atoms with Crippen LogP contribution in [0.1, 0.15) is 17.2 Å². The Hall–Kier alpha value is -1.65. The van der Waals surface area contributed by atoms with Gasteiger partial charge in [-0.05, 0) is 17.2 Å². The van der Waals surface area contributed by atoms with Crippen molar-refractivity contribution in [3.8, 4) is 0 Å². The van der Waals surface area contributed by atoms with Gasteiger partial charge in [0.1, 0.15) is 0 Å². The number of hydrogen-bond donors (Lipinski definition) is 2. The molecule has 0 radical (unpaired) electrons. The topological polar surface area (TPSA) is 58.4 Å². The number of carbonyl (C=O) groups excluding carboxylic acids is 1. The predicted molar refractivity (Wildman–Crippen MR) is 63.2 cm³/mol. The minimum atomic E-state index is -0.323. The number of rotatable bonds is 2. The molecule has 0 spiro atoms. The first-order chi connectivity index (χ1) is 7.59. The van der Waals surface area contributed by atoms with Crippen molar-refractivity contribution in [2.75, 3.05) is 14.1 Å². The van der Waals surface area contributed by atoms with E-state index >= 15 is 0 Å². The Morgan fingerprint density at radius 2 is 2.06 bits per heavy atom. The Balaban J connectivity index is 2.25. The molecule has 1 aliphatic rings. The Labute approximate surface area is 94.7 Å². The summed E-state index contributed by atoms with van der Waals surface area (Å²) >= 11 is 0. The van der Waals surface area contributed by atoms with Crippen molar-refractivity contribution in [1.29, 1.82) is 0 Å². The number of nitrogens with zero attached hydrogens (tertiary/aromatic N) is 1. The van der Waals surface area contributed by atoms with Gasteiger partial charge in [-0.25, -0.2) is 5.01 Å². The van der Waals surface area contributed by atoms with E-state index in [1.807, 2.05) is 30.3 Å². The standard InChI is InChI=1S/C12H15N3O/c1-15(2)14-12(16)10-7-8-5-3-4-6-9(8)11(10)13/h3-7,11H,13H2,1-2H3,(H,14,16). The molecule has 1 aromatic carbocycles. The third kappa shape index (κ3) is 1.85. The summed E-state index contributed by atoms with van der Waals surface area (Å²) in [5, 5.41) is 1.61. The van der Waals surface area contributed by atoms with E-state index in [9.17, 15) is 4.79 Å². The molecular formula is C12H15N3O. The highest BCUT2D eigenvalue weighted by atomic mass is 16.2. The number of hydrazine groups is 1. The molecule has 1 atom stereocenters. The first-order valence-corrected chi connectivity index (χ1v) is 5.14. The lowest BCUT2D eigenvalue weighted by atomic mass is 10.0. The Bertz CT molecular complexity index is 451. The van der Waals surface area contributed by atoms with Crippen molar-refractivity contribution in [2.24, 2.45) is 5.73 Å². The van der Waals surface area contributed by atoms with Gasteiger partial charge in [-0.15, -0.1) is 0 Å². The van der Waals surface area contributed by atoms with E-state index in [1.54, 1.807) is 19.1 Å². The maximum Gasteiger partial charge on any atom is 0.263 e. The number of benzene rings is 1. The van der Waals surface area contributed by atoms with Gasteiger partial charge in [-0.1, -0.05) is 24.3 Å². The summed E-state index contributed by atoms with van der Waals surface area (Å²) in [5.74, 6) is -0.145. The molecule has 1 aliphatic carbocycles. The molecule has 0 heterocycles. The molecule has 3 N–H and O–H groups in total. The number of nitrogens with two attached hydrogens (primary N) is 1. The molecule has 4 heteroatoms. The molecule has 2 rings (SSSR count). The summed E-state index contributed by atoms with van der Waals surface area (Å²) in [7, 11) is 3.54. The van der Waals surface area contributed by atoms with E-state index in [2.05, 4.69) is 5.43 Å². The molecule has 16 heavy (non-hydrogen) atoms. The second-order valence-corrected chi connectivity index (χ2v) is 4.04. The fourth-order valence-electron chi connectivity index (χ4n) is 1.82. The smallest absolute Gasteiger partial charge is 0.263 e. The molecule has 1 amide bonds. The van der Waals surface area contributed by atoms with E-state index in [0.717, 1.165) is 11.1 Å². The molecule has 0 bridgehead atoms. The fourth-order valence-corrected chi connectivity index (χ4v) is 1.82. The van der Waals surface area contributed by atoms with Crippen molar-refractivity contribution in [3.05, 3.63) is 41.0 Å². The zero-order valence-corrected chi connectivity index (χ0v) is 9.40. The summed E-state index contributed by atoms with van der Waals surface area (Å²) in [5.41, 5.74) is 11.4. The van der Waals surface area contributed by atoms with E-state index in [4.69, 9.17) is 5.73 Å². The number of nitrogens with one attached hydrogen (secondary N) is 1. The quantitative estimate of drug-likeness (QED) is 0.716. The van der Waals surface area contributed by atoms with Crippen molar-refractivity contribution >= 4 is 12.0 Å². The maximum atomic E-state index is 11.8.